The summed E-state index contributed by atoms with van der Waals surface area (Å²) in [5.41, 5.74) is 1.80. The summed E-state index contributed by atoms with van der Waals surface area (Å²) in [6, 6.07) is 16.5. The minimum atomic E-state index is -3.44. The van der Waals surface area contributed by atoms with Crippen molar-refractivity contribution in [2.45, 2.75) is 43.4 Å². The summed E-state index contributed by atoms with van der Waals surface area (Å²) >= 11 is 0. The second-order valence-electron chi connectivity index (χ2n) is 7.59. The molecule has 30 heavy (non-hydrogen) atoms. The Bertz CT molecular complexity index is 932. The number of carbonyl (C=O) groups is 1. The maximum Gasteiger partial charge on any atom is 0.243 e. The normalized spacial score (nSPS) is 15.3. The van der Waals surface area contributed by atoms with E-state index in [9.17, 15) is 13.2 Å². The van der Waals surface area contributed by atoms with E-state index in [1.165, 1.54) is 0 Å². The number of hydrogen-bond donors (Lipinski definition) is 0. The van der Waals surface area contributed by atoms with Crippen molar-refractivity contribution in [3.05, 3.63) is 72.8 Å². The second-order valence-corrected chi connectivity index (χ2v) is 9.53. The third kappa shape index (κ3) is 5.58. The van der Waals surface area contributed by atoms with Crippen molar-refractivity contribution in [1.82, 2.24) is 4.31 Å². The van der Waals surface area contributed by atoms with Gasteiger partial charge in [0, 0.05) is 31.7 Å². The zero-order valence-electron chi connectivity index (χ0n) is 17.4. The van der Waals surface area contributed by atoms with Crippen LogP contribution in [-0.2, 0) is 21.2 Å². The molecule has 1 heterocycles. The topological polar surface area (TPSA) is 57.7 Å². The molecule has 0 spiro atoms. The van der Waals surface area contributed by atoms with E-state index in [0.717, 1.165) is 36.9 Å². The van der Waals surface area contributed by atoms with Crippen LogP contribution in [0.15, 0.2) is 72.1 Å². The van der Waals surface area contributed by atoms with Gasteiger partial charge in [-0.3, -0.25) is 4.79 Å². The SMILES string of the molecule is C=CCN(C(=O)CCc1ccc(S(=O)(=O)N2CCCCCC2)cc1)c1ccccc1. The summed E-state index contributed by atoms with van der Waals surface area (Å²) in [6.07, 6.45) is 6.64. The lowest BCUT2D eigenvalue weighted by Crippen LogP contribution is -2.32. The molecular weight excluding hydrogens is 396 g/mol. The van der Waals surface area contributed by atoms with Crippen molar-refractivity contribution in [2.75, 3.05) is 24.5 Å². The number of para-hydroxylation sites is 1. The number of carbonyl (C=O) groups excluding carboxylic acids is 1. The number of benzene rings is 2. The largest absolute Gasteiger partial charge is 0.309 e. The van der Waals surface area contributed by atoms with Gasteiger partial charge in [-0.2, -0.15) is 4.31 Å². The molecule has 0 saturated carbocycles. The van der Waals surface area contributed by atoms with Crippen LogP contribution < -0.4 is 4.90 Å². The van der Waals surface area contributed by atoms with Crippen LogP contribution in [0, 0.1) is 0 Å². The molecule has 0 bridgehead atoms. The van der Waals surface area contributed by atoms with E-state index in [-0.39, 0.29) is 5.91 Å². The minimum Gasteiger partial charge on any atom is -0.309 e. The van der Waals surface area contributed by atoms with Gasteiger partial charge in [0.15, 0.2) is 0 Å². The number of sulfonamides is 1. The summed E-state index contributed by atoms with van der Waals surface area (Å²) in [7, 11) is -3.44. The van der Waals surface area contributed by atoms with Crippen molar-refractivity contribution in [3.8, 4) is 0 Å². The highest BCUT2D eigenvalue weighted by Crippen LogP contribution is 2.21. The number of anilines is 1. The van der Waals surface area contributed by atoms with Gasteiger partial charge in [-0.25, -0.2) is 8.42 Å². The molecule has 1 amide bonds. The Labute approximate surface area is 180 Å². The van der Waals surface area contributed by atoms with Gasteiger partial charge in [-0.15, -0.1) is 6.58 Å². The Morgan fingerprint density at radius 1 is 0.967 bits per heavy atom. The Balaban J connectivity index is 1.63. The molecule has 2 aromatic carbocycles. The molecule has 0 N–H and O–H groups in total. The lowest BCUT2D eigenvalue weighted by molar-refractivity contribution is -0.118. The molecule has 3 rings (SSSR count). The second kappa shape index (κ2) is 10.5. The van der Waals surface area contributed by atoms with Crippen LogP contribution in [0.3, 0.4) is 0 Å². The number of amides is 1. The van der Waals surface area contributed by atoms with Crippen LogP contribution in [0.2, 0.25) is 0 Å². The van der Waals surface area contributed by atoms with Crippen molar-refractivity contribution in [3.63, 3.8) is 0 Å². The molecule has 0 unspecified atom stereocenters. The Kier molecular flexibility index (Phi) is 7.82. The molecule has 2 aromatic rings. The quantitative estimate of drug-likeness (QED) is 0.588. The van der Waals surface area contributed by atoms with Gasteiger partial charge in [0.2, 0.25) is 15.9 Å². The Morgan fingerprint density at radius 2 is 1.60 bits per heavy atom. The predicted molar refractivity (Wildman–Crippen MR) is 121 cm³/mol. The van der Waals surface area contributed by atoms with Crippen molar-refractivity contribution in [2.24, 2.45) is 0 Å². The van der Waals surface area contributed by atoms with Crippen molar-refractivity contribution < 1.29 is 13.2 Å². The maximum atomic E-state index is 12.9. The first-order chi connectivity index (χ1) is 14.5. The van der Waals surface area contributed by atoms with E-state index in [1.54, 1.807) is 27.4 Å². The Hall–Kier alpha value is -2.44. The smallest absolute Gasteiger partial charge is 0.243 e. The van der Waals surface area contributed by atoms with Crippen molar-refractivity contribution >= 4 is 21.6 Å². The van der Waals surface area contributed by atoms with Crippen LogP contribution in [0.1, 0.15) is 37.7 Å². The van der Waals surface area contributed by atoms with Crippen LogP contribution in [0.4, 0.5) is 5.69 Å². The summed E-state index contributed by atoms with van der Waals surface area (Å²) in [4.78, 5) is 14.8. The summed E-state index contributed by atoms with van der Waals surface area (Å²) in [5, 5.41) is 0. The third-order valence-corrected chi connectivity index (χ3v) is 7.35. The molecule has 1 aliphatic rings. The highest BCUT2D eigenvalue weighted by molar-refractivity contribution is 7.89. The van der Waals surface area contributed by atoms with Crippen LogP contribution in [0.5, 0.6) is 0 Å². The molecule has 1 fully saturated rings. The first-order valence-electron chi connectivity index (χ1n) is 10.6. The molecule has 0 aliphatic carbocycles. The van der Waals surface area contributed by atoms with E-state index >= 15 is 0 Å². The fourth-order valence-electron chi connectivity index (χ4n) is 3.73. The van der Waals surface area contributed by atoms with Crippen molar-refractivity contribution in [1.29, 1.82) is 0 Å². The number of hydrogen-bond acceptors (Lipinski definition) is 3. The van der Waals surface area contributed by atoms with Crippen LogP contribution >= 0.6 is 0 Å². The Morgan fingerprint density at radius 3 is 2.20 bits per heavy atom. The zero-order chi connectivity index (χ0) is 21.4. The van der Waals surface area contributed by atoms with E-state index in [1.807, 2.05) is 42.5 Å². The molecule has 1 saturated heterocycles. The van der Waals surface area contributed by atoms with Gasteiger partial charge < -0.3 is 4.90 Å². The summed E-state index contributed by atoms with van der Waals surface area (Å²) in [6.45, 7) is 5.39. The van der Waals surface area contributed by atoms with Gasteiger partial charge in [0.05, 0.1) is 4.90 Å². The van der Waals surface area contributed by atoms with Crippen LogP contribution in [-0.4, -0.2) is 38.3 Å². The van der Waals surface area contributed by atoms with Gasteiger partial charge in [0.25, 0.3) is 0 Å². The third-order valence-electron chi connectivity index (χ3n) is 5.43. The summed E-state index contributed by atoms with van der Waals surface area (Å²) < 4.78 is 27.4. The number of nitrogens with zero attached hydrogens (tertiary/aromatic N) is 2. The van der Waals surface area contributed by atoms with E-state index in [4.69, 9.17) is 0 Å². The average Bonchev–Trinajstić information content (AvgIpc) is 3.07. The van der Waals surface area contributed by atoms with E-state index < -0.39 is 10.0 Å². The van der Waals surface area contributed by atoms with Gasteiger partial charge in [-0.1, -0.05) is 49.2 Å². The molecule has 0 aromatic heterocycles. The molecule has 1 aliphatic heterocycles. The fourth-order valence-corrected chi connectivity index (χ4v) is 5.25. The van der Waals surface area contributed by atoms with Gasteiger partial charge in [-0.05, 0) is 49.1 Å². The molecule has 160 valence electrons. The standard InChI is InChI=1S/C24H30N2O3S/c1-2-18-26(22-10-6-5-7-11-22)24(27)17-14-21-12-15-23(16-13-21)30(28,29)25-19-8-3-4-9-20-25/h2,5-7,10-13,15-16H,1,3-4,8-9,14,17-20H2. The zero-order valence-corrected chi connectivity index (χ0v) is 18.2. The number of rotatable bonds is 8. The van der Waals surface area contributed by atoms with E-state index in [0.29, 0.717) is 37.4 Å². The lowest BCUT2D eigenvalue weighted by atomic mass is 10.1. The average molecular weight is 427 g/mol. The first-order valence-corrected chi connectivity index (χ1v) is 12.0. The highest BCUT2D eigenvalue weighted by atomic mass is 32.2. The predicted octanol–water partition coefficient (Wildman–Crippen LogP) is 4.40. The molecule has 5 nitrogen and oxygen atoms in total. The van der Waals surface area contributed by atoms with E-state index in [2.05, 4.69) is 6.58 Å². The molecular formula is C24H30N2O3S. The number of aryl methyl sites for hydroxylation is 1. The minimum absolute atomic E-state index is 0.0161. The first kappa shape index (κ1) is 22.2. The fraction of sp³-hybridized carbons (Fsp3) is 0.375. The maximum absolute atomic E-state index is 12.9. The molecule has 0 radical (unpaired) electrons. The highest BCUT2D eigenvalue weighted by Gasteiger charge is 2.25. The molecule has 0 atom stereocenters. The van der Waals surface area contributed by atoms with Gasteiger partial charge in [0.1, 0.15) is 0 Å². The van der Waals surface area contributed by atoms with Crippen LogP contribution in [0.25, 0.3) is 0 Å². The lowest BCUT2D eigenvalue weighted by Gasteiger charge is -2.21. The summed E-state index contributed by atoms with van der Waals surface area (Å²) in [5.74, 6) is 0.0161. The molecule has 6 heteroatoms. The monoisotopic (exact) mass is 426 g/mol. The van der Waals surface area contributed by atoms with Gasteiger partial charge >= 0.3 is 0 Å².